The number of carbonyl (C=O) groups excluding carboxylic acids is 2. The van der Waals surface area contributed by atoms with Crippen molar-refractivity contribution in [3.8, 4) is 0 Å². The number of nitrogens with zero attached hydrogens (tertiary/aromatic N) is 1. The first-order valence-corrected chi connectivity index (χ1v) is 9.23. The number of likely N-dealkylation sites (tertiary alicyclic amines) is 1. The highest BCUT2D eigenvalue weighted by Crippen LogP contribution is 2.29. The molecule has 2 amide bonds. The SMILES string of the molecule is O=C(NCc1ccc(C(F)(F)F)cc1)C1CCCN(C(=O)c2ccc(F)cc2)C1. The fourth-order valence-corrected chi connectivity index (χ4v) is 3.30. The largest absolute Gasteiger partial charge is 0.416 e. The Kier molecular flexibility index (Phi) is 6.20. The van der Waals surface area contributed by atoms with E-state index in [-0.39, 0.29) is 24.9 Å². The normalized spacial score (nSPS) is 17.1. The first kappa shape index (κ1) is 20.8. The second kappa shape index (κ2) is 8.63. The van der Waals surface area contributed by atoms with Crippen molar-refractivity contribution in [2.45, 2.75) is 25.6 Å². The second-order valence-electron chi connectivity index (χ2n) is 7.01. The lowest BCUT2D eigenvalue weighted by Crippen LogP contribution is -2.45. The van der Waals surface area contributed by atoms with Crippen LogP contribution >= 0.6 is 0 Å². The molecule has 0 aliphatic carbocycles. The molecular weight excluding hydrogens is 388 g/mol. The van der Waals surface area contributed by atoms with Crippen LogP contribution in [0.5, 0.6) is 0 Å². The van der Waals surface area contributed by atoms with E-state index in [1.807, 2.05) is 0 Å². The molecule has 1 aliphatic rings. The monoisotopic (exact) mass is 408 g/mol. The molecule has 0 aromatic heterocycles. The molecule has 1 aliphatic heterocycles. The summed E-state index contributed by atoms with van der Waals surface area (Å²) < 4.78 is 50.8. The molecule has 1 N–H and O–H groups in total. The average Bonchev–Trinajstić information content (AvgIpc) is 2.72. The Balaban J connectivity index is 1.55. The molecule has 154 valence electrons. The third kappa shape index (κ3) is 5.34. The predicted molar refractivity (Wildman–Crippen MR) is 98.3 cm³/mol. The summed E-state index contributed by atoms with van der Waals surface area (Å²) in [6, 6.07) is 9.86. The lowest BCUT2D eigenvalue weighted by Gasteiger charge is -2.32. The van der Waals surface area contributed by atoms with Crippen LogP contribution in [-0.4, -0.2) is 29.8 Å². The zero-order valence-electron chi connectivity index (χ0n) is 15.5. The van der Waals surface area contributed by atoms with E-state index in [9.17, 15) is 27.2 Å². The number of benzene rings is 2. The summed E-state index contributed by atoms with van der Waals surface area (Å²) in [4.78, 5) is 26.6. The number of hydrogen-bond donors (Lipinski definition) is 1. The number of carbonyl (C=O) groups is 2. The fraction of sp³-hybridized carbons (Fsp3) is 0.333. The van der Waals surface area contributed by atoms with Crippen molar-refractivity contribution >= 4 is 11.8 Å². The molecule has 0 spiro atoms. The number of piperidine rings is 1. The number of hydrogen-bond acceptors (Lipinski definition) is 2. The molecular formula is C21H20F4N2O2. The van der Waals surface area contributed by atoms with Gasteiger partial charge in [0.1, 0.15) is 5.82 Å². The summed E-state index contributed by atoms with van der Waals surface area (Å²) >= 11 is 0. The third-order valence-corrected chi connectivity index (χ3v) is 4.92. The van der Waals surface area contributed by atoms with Crippen molar-refractivity contribution in [1.82, 2.24) is 10.2 Å². The van der Waals surface area contributed by atoms with E-state index in [2.05, 4.69) is 5.32 Å². The third-order valence-electron chi connectivity index (χ3n) is 4.92. The molecule has 1 unspecified atom stereocenters. The zero-order chi connectivity index (χ0) is 21.0. The van der Waals surface area contributed by atoms with Gasteiger partial charge in [-0.3, -0.25) is 9.59 Å². The average molecular weight is 408 g/mol. The lowest BCUT2D eigenvalue weighted by molar-refractivity contribution is -0.137. The van der Waals surface area contributed by atoms with E-state index in [0.29, 0.717) is 30.5 Å². The van der Waals surface area contributed by atoms with Crippen molar-refractivity contribution in [3.63, 3.8) is 0 Å². The Morgan fingerprint density at radius 1 is 1.03 bits per heavy atom. The van der Waals surface area contributed by atoms with Crippen LogP contribution in [0.4, 0.5) is 17.6 Å². The van der Waals surface area contributed by atoms with Gasteiger partial charge in [0, 0.05) is 25.2 Å². The van der Waals surface area contributed by atoms with Crippen LogP contribution in [0.1, 0.15) is 34.3 Å². The number of amides is 2. The quantitative estimate of drug-likeness (QED) is 0.778. The first-order valence-electron chi connectivity index (χ1n) is 9.23. The highest BCUT2D eigenvalue weighted by Gasteiger charge is 2.30. The molecule has 0 bridgehead atoms. The van der Waals surface area contributed by atoms with Crippen molar-refractivity contribution in [1.29, 1.82) is 0 Å². The standard InChI is InChI=1S/C21H20F4N2O2/c22-18-9-5-15(6-10-18)20(29)27-11-1-2-16(13-27)19(28)26-12-14-3-7-17(8-4-14)21(23,24)25/h3-10,16H,1-2,11-13H2,(H,26,28). The van der Waals surface area contributed by atoms with Crippen LogP contribution in [0.2, 0.25) is 0 Å². The topological polar surface area (TPSA) is 49.4 Å². The van der Waals surface area contributed by atoms with Crippen molar-refractivity contribution in [2.24, 2.45) is 5.92 Å². The molecule has 1 atom stereocenters. The summed E-state index contributed by atoms with van der Waals surface area (Å²) in [5.41, 5.74) is 0.174. The minimum absolute atomic E-state index is 0.110. The Morgan fingerprint density at radius 2 is 1.69 bits per heavy atom. The van der Waals surface area contributed by atoms with Crippen LogP contribution in [0.25, 0.3) is 0 Å². The molecule has 1 heterocycles. The minimum atomic E-state index is -4.40. The van der Waals surface area contributed by atoms with E-state index in [4.69, 9.17) is 0 Å². The van der Waals surface area contributed by atoms with Crippen LogP contribution in [0.3, 0.4) is 0 Å². The maximum atomic E-state index is 13.0. The number of halogens is 4. The predicted octanol–water partition coefficient (Wildman–Crippen LogP) is 4.01. The molecule has 0 saturated carbocycles. The number of alkyl halides is 3. The minimum Gasteiger partial charge on any atom is -0.352 e. The molecule has 8 heteroatoms. The van der Waals surface area contributed by atoms with E-state index < -0.39 is 23.5 Å². The highest BCUT2D eigenvalue weighted by atomic mass is 19.4. The number of rotatable bonds is 4. The Hall–Kier alpha value is -2.90. The molecule has 2 aromatic rings. The van der Waals surface area contributed by atoms with Gasteiger partial charge >= 0.3 is 6.18 Å². The van der Waals surface area contributed by atoms with Gasteiger partial charge in [0.15, 0.2) is 0 Å². The van der Waals surface area contributed by atoms with Gasteiger partial charge < -0.3 is 10.2 Å². The fourth-order valence-electron chi connectivity index (χ4n) is 3.30. The Morgan fingerprint density at radius 3 is 2.31 bits per heavy atom. The molecule has 1 fully saturated rings. The first-order chi connectivity index (χ1) is 13.7. The van der Waals surface area contributed by atoms with E-state index in [0.717, 1.165) is 12.1 Å². The molecule has 29 heavy (non-hydrogen) atoms. The smallest absolute Gasteiger partial charge is 0.352 e. The van der Waals surface area contributed by atoms with Gasteiger partial charge in [-0.05, 0) is 54.8 Å². The van der Waals surface area contributed by atoms with Gasteiger partial charge in [-0.25, -0.2) is 4.39 Å². The van der Waals surface area contributed by atoms with Crippen molar-refractivity contribution in [2.75, 3.05) is 13.1 Å². The summed E-state index contributed by atoms with van der Waals surface area (Å²) in [7, 11) is 0. The molecule has 0 radical (unpaired) electrons. The number of nitrogens with one attached hydrogen (secondary N) is 1. The van der Waals surface area contributed by atoms with Gasteiger partial charge in [-0.15, -0.1) is 0 Å². The molecule has 3 rings (SSSR count). The van der Waals surface area contributed by atoms with Gasteiger partial charge in [0.25, 0.3) is 5.91 Å². The van der Waals surface area contributed by atoms with E-state index in [1.165, 1.54) is 36.4 Å². The van der Waals surface area contributed by atoms with Crippen LogP contribution < -0.4 is 5.32 Å². The van der Waals surface area contributed by atoms with Gasteiger partial charge in [-0.1, -0.05) is 12.1 Å². The van der Waals surface area contributed by atoms with Crippen molar-refractivity contribution < 1.29 is 27.2 Å². The summed E-state index contributed by atoms with van der Waals surface area (Å²) in [5, 5.41) is 2.73. The Bertz CT molecular complexity index is 864. The van der Waals surface area contributed by atoms with Crippen molar-refractivity contribution in [3.05, 3.63) is 71.0 Å². The maximum absolute atomic E-state index is 13.0. The lowest BCUT2D eigenvalue weighted by atomic mass is 9.96. The van der Waals surface area contributed by atoms with E-state index >= 15 is 0 Å². The van der Waals surface area contributed by atoms with Gasteiger partial charge in [0.2, 0.25) is 5.91 Å². The molecule has 2 aromatic carbocycles. The Labute approximate surface area is 165 Å². The summed E-state index contributed by atoms with van der Waals surface area (Å²) in [6.07, 6.45) is -3.12. The van der Waals surface area contributed by atoms with Gasteiger partial charge in [0.05, 0.1) is 11.5 Å². The van der Waals surface area contributed by atoms with E-state index in [1.54, 1.807) is 4.90 Å². The summed E-state index contributed by atoms with van der Waals surface area (Å²) in [5.74, 6) is -1.34. The highest BCUT2D eigenvalue weighted by molar-refractivity contribution is 5.94. The molecule has 4 nitrogen and oxygen atoms in total. The zero-order valence-corrected chi connectivity index (χ0v) is 15.5. The van der Waals surface area contributed by atoms with Gasteiger partial charge in [-0.2, -0.15) is 13.2 Å². The van der Waals surface area contributed by atoms with Crippen LogP contribution in [0.15, 0.2) is 48.5 Å². The van der Waals surface area contributed by atoms with Crippen LogP contribution in [-0.2, 0) is 17.5 Å². The molecule has 1 saturated heterocycles. The summed E-state index contributed by atoms with van der Waals surface area (Å²) in [6.45, 7) is 0.868. The second-order valence-corrected chi connectivity index (χ2v) is 7.01. The maximum Gasteiger partial charge on any atom is 0.416 e. The van der Waals surface area contributed by atoms with Crippen LogP contribution in [0, 0.1) is 11.7 Å².